The lowest BCUT2D eigenvalue weighted by atomic mass is 9.92. The van der Waals surface area contributed by atoms with E-state index < -0.39 is 35.4 Å². The van der Waals surface area contributed by atoms with E-state index in [-0.39, 0.29) is 18.4 Å². The van der Waals surface area contributed by atoms with E-state index in [1.54, 1.807) is 49.3 Å². The van der Waals surface area contributed by atoms with Crippen molar-refractivity contribution in [2.45, 2.75) is 55.7 Å². The topological polar surface area (TPSA) is 132 Å². The molecule has 2 saturated heterocycles. The third kappa shape index (κ3) is 7.76. The Morgan fingerprint density at radius 2 is 1.71 bits per heavy atom. The van der Waals surface area contributed by atoms with Gasteiger partial charge < -0.3 is 39.9 Å². The summed E-state index contributed by atoms with van der Waals surface area (Å²) in [6.45, 7) is 6.05. The maximum Gasteiger partial charge on any atom is 0.258 e. The van der Waals surface area contributed by atoms with Crippen LogP contribution in [0.4, 0.5) is 0 Å². The first kappa shape index (κ1) is 32.5. The number of aliphatic hydroxyl groups excluding tert-OH is 3. The van der Waals surface area contributed by atoms with E-state index in [2.05, 4.69) is 10.2 Å². The van der Waals surface area contributed by atoms with E-state index >= 15 is 0 Å². The summed E-state index contributed by atoms with van der Waals surface area (Å²) in [6, 6.07) is 12.5. The molecule has 2 aliphatic rings. The van der Waals surface area contributed by atoms with Crippen molar-refractivity contribution in [3.63, 3.8) is 0 Å². The van der Waals surface area contributed by atoms with Gasteiger partial charge in [0, 0.05) is 31.2 Å². The third-order valence-electron chi connectivity index (χ3n) is 7.67. The van der Waals surface area contributed by atoms with E-state index in [9.17, 15) is 24.9 Å². The smallest absolute Gasteiger partial charge is 0.258 e. The highest BCUT2D eigenvalue weighted by atomic mass is 35.5. The number of hydrogen-bond donors (Lipinski definition) is 4. The van der Waals surface area contributed by atoms with Crippen LogP contribution in [0.25, 0.3) is 0 Å². The minimum Gasteiger partial charge on any atom is -0.484 e. The maximum absolute atomic E-state index is 12.9. The molecule has 2 aromatic rings. The average Bonchev–Trinajstić information content (AvgIpc) is 2.97. The summed E-state index contributed by atoms with van der Waals surface area (Å²) in [4.78, 5) is 29.5. The lowest BCUT2D eigenvalue weighted by molar-refractivity contribution is -0.200. The SMILES string of the molecule is CS[C@H]1O[C@@H](c2ccc(Cl)c(Cc3ccc(OCC(=O)NC(C)(C)C(=O)N4CCN(C)CC4)cc3)c2)[C@H](O)[C@@H](O)[C@@H]1O. The summed E-state index contributed by atoms with van der Waals surface area (Å²) in [6.07, 6.45) is -2.39. The molecular weight excluding hydrogens is 582 g/mol. The van der Waals surface area contributed by atoms with Gasteiger partial charge in [-0.05, 0) is 68.5 Å². The van der Waals surface area contributed by atoms with Gasteiger partial charge in [0.05, 0.1) is 0 Å². The number of amides is 2. The van der Waals surface area contributed by atoms with E-state index in [4.69, 9.17) is 21.1 Å². The minimum absolute atomic E-state index is 0.113. The molecule has 2 fully saturated rings. The molecule has 5 atom stereocenters. The van der Waals surface area contributed by atoms with Gasteiger partial charge in [0.1, 0.15) is 41.1 Å². The van der Waals surface area contributed by atoms with Gasteiger partial charge in [0.2, 0.25) is 5.91 Å². The van der Waals surface area contributed by atoms with Gasteiger partial charge in [-0.1, -0.05) is 35.9 Å². The molecule has 0 aromatic heterocycles. The first-order valence-corrected chi connectivity index (χ1v) is 15.6. The molecule has 10 nitrogen and oxygen atoms in total. The predicted molar refractivity (Wildman–Crippen MR) is 162 cm³/mol. The number of carbonyl (C=O) groups excluding carboxylic acids is 2. The standard InChI is InChI=1S/C30H40ClN3O7S/c1-30(2,29(39)34-13-11-33(3)12-14-34)32-23(35)17-40-21-8-5-18(6-9-21)15-20-16-19(7-10-22(20)31)27-25(37)24(36)26(38)28(41-27)42-4/h5-10,16,24-28,36-38H,11-15,17H2,1-4H3,(H,32,35)/t24-,25-,26+,27+,28-/m1/s1. The Balaban J connectivity index is 1.33. The fraction of sp³-hybridized carbons (Fsp3) is 0.533. The summed E-state index contributed by atoms with van der Waals surface area (Å²) in [7, 11) is 2.02. The molecule has 4 rings (SSSR count). The van der Waals surface area contributed by atoms with Crippen molar-refractivity contribution in [2.75, 3.05) is 46.1 Å². The van der Waals surface area contributed by atoms with Crippen LogP contribution in [-0.2, 0) is 20.7 Å². The number of piperazine rings is 1. The van der Waals surface area contributed by atoms with Crippen molar-refractivity contribution in [1.82, 2.24) is 15.1 Å². The average molecular weight is 622 g/mol. The number of benzene rings is 2. The van der Waals surface area contributed by atoms with Gasteiger partial charge in [0.15, 0.2) is 6.61 Å². The number of halogens is 1. The molecule has 0 spiro atoms. The Kier molecular flexibility index (Phi) is 10.8. The molecule has 0 saturated carbocycles. The van der Waals surface area contributed by atoms with Crippen LogP contribution in [0.15, 0.2) is 42.5 Å². The fourth-order valence-electron chi connectivity index (χ4n) is 5.14. The Labute approximate surface area is 255 Å². The van der Waals surface area contributed by atoms with Crippen LogP contribution in [0.5, 0.6) is 5.75 Å². The molecule has 0 radical (unpaired) electrons. The summed E-state index contributed by atoms with van der Waals surface area (Å²) < 4.78 is 11.6. The van der Waals surface area contributed by atoms with Crippen molar-refractivity contribution >= 4 is 35.2 Å². The second-order valence-electron chi connectivity index (χ2n) is 11.4. The number of likely N-dealkylation sites (N-methyl/N-ethyl adjacent to an activating group) is 1. The fourth-order valence-corrected chi connectivity index (χ4v) is 6.00. The van der Waals surface area contributed by atoms with Crippen molar-refractivity contribution in [2.24, 2.45) is 0 Å². The number of hydrogen-bond acceptors (Lipinski definition) is 9. The highest BCUT2D eigenvalue weighted by Crippen LogP contribution is 2.37. The zero-order valence-electron chi connectivity index (χ0n) is 24.3. The predicted octanol–water partition coefficient (Wildman–Crippen LogP) is 1.82. The monoisotopic (exact) mass is 621 g/mol. The molecule has 0 bridgehead atoms. The highest BCUT2D eigenvalue weighted by molar-refractivity contribution is 7.99. The molecule has 12 heteroatoms. The number of nitrogens with zero attached hydrogens (tertiary/aromatic N) is 2. The molecule has 230 valence electrons. The summed E-state index contributed by atoms with van der Waals surface area (Å²) >= 11 is 7.74. The molecule has 0 unspecified atom stereocenters. The van der Waals surface area contributed by atoms with E-state index in [1.807, 2.05) is 25.2 Å². The molecule has 4 N–H and O–H groups in total. The van der Waals surface area contributed by atoms with Crippen LogP contribution in [0, 0.1) is 0 Å². The van der Waals surface area contributed by atoms with Gasteiger partial charge in [-0.15, -0.1) is 11.8 Å². The Morgan fingerprint density at radius 1 is 1.05 bits per heavy atom. The molecular formula is C30H40ClN3O7S. The van der Waals surface area contributed by atoms with Gasteiger partial charge in [0.25, 0.3) is 5.91 Å². The Morgan fingerprint density at radius 3 is 2.36 bits per heavy atom. The van der Waals surface area contributed by atoms with Gasteiger partial charge >= 0.3 is 0 Å². The largest absolute Gasteiger partial charge is 0.484 e. The van der Waals surface area contributed by atoms with Crippen LogP contribution in [0.2, 0.25) is 5.02 Å². The van der Waals surface area contributed by atoms with Gasteiger partial charge in [-0.25, -0.2) is 0 Å². The van der Waals surface area contributed by atoms with Crippen molar-refractivity contribution < 1.29 is 34.4 Å². The van der Waals surface area contributed by atoms with E-state index in [0.717, 1.165) is 24.2 Å². The maximum atomic E-state index is 12.9. The minimum atomic E-state index is -1.33. The number of carbonyl (C=O) groups is 2. The van der Waals surface area contributed by atoms with E-state index in [1.165, 1.54) is 11.8 Å². The highest BCUT2D eigenvalue weighted by Gasteiger charge is 2.44. The quantitative estimate of drug-likeness (QED) is 0.331. The molecule has 2 amide bonds. The molecule has 2 aromatic carbocycles. The third-order valence-corrected chi connectivity index (χ3v) is 8.89. The molecule has 0 aliphatic carbocycles. The number of thioether (sulfide) groups is 1. The Hall–Kier alpha value is -2.38. The number of nitrogens with one attached hydrogen (secondary N) is 1. The normalized spacial score (nSPS) is 25.2. The van der Waals surface area contributed by atoms with Crippen molar-refractivity contribution in [1.29, 1.82) is 0 Å². The summed E-state index contributed by atoms with van der Waals surface area (Å²) in [5, 5.41) is 34.4. The van der Waals surface area contributed by atoms with Crippen LogP contribution in [0.3, 0.4) is 0 Å². The second-order valence-corrected chi connectivity index (χ2v) is 12.7. The molecule has 2 heterocycles. The van der Waals surface area contributed by atoms with Crippen molar-refractivity contribution in [3.05, 3.63) is 64.2 Å². The lowest BCUT2D eigenvalue weighted by Crippen LogP contribution is -2.59. The number of aliphatic hydroxyl groups is 3. The number of ether oxygens (including phenoxy) is 2. The van der Waals surface area contributed by atoms with Crippen LogP contribution in [0.1, 0.15) is 36.6 Å². The first-order chi connectivity index (χ1) is 19.9. The molecule has 2 aliphatic heterocycles. The lowest BCUT2D eigenvalue weighted by Gasteiger charge is -2.40. The zero-order chi connectivity index (χ0) is 30.6. The first-order valence-electron chi connectivity index (χ1n) is 13.9. The van der Waals surface area contributed by atoms with Crippen LogP contribution in [-0.4, -0.2) is 112 Å². The second kappa shape index (κ2) is 13.9. The molecule has 42 heavy (non-hydrogen) atoms. The van der Waals surface area contributed by atoms with Crippen LogP contribution >= 0.6 is 23.4 Å². The van der Waals surface area contributed by atoms with Gasteiger partial charge in [-0.3, -0.25) is 9.59 Å². The van der Waals surface area contributed by atoms with Crippen LogP contribution < -0.4 is 10.1 Å². The Bertz CT molecular complexity index is 1240. The zero-order valence-corrected chi connectivity index (χ0v) is 25.9. The number of rotatable bonds is 9. The van der Waals surface area contributed by atoms with E-state index in [0.29, 0.717) is 35.8 Å². The summed E-state index contributed by atoms with van der Waals surface area (Å²) in [5.41, 5.74) is 0.664. The summed E-state index contributed by atoms with van der Waals surface area (Å²) in [5.74, 6) is 0.00776. The van der Waals surface area contributed by atoms with Gasteiger partial charge in [-0.2, -0.15) is 0 Å². The van der Waals surface area contributed by atoms with Crippen molar-refractivity contribution in [3.8, 4) is 5.75 Å².